The van der Waals surface area contributed by atoms with Crippen molar-refractivity contribution >= 4 is 27.5 Å². The fourth-order valence-electron chi connectivity index (χ4n) is 5.02. The van der Waals surface area contributed by atoms with Crippen LogP contribution in [0.25, 0.3) is 0 Å². The van der Waals surface area contributed by atoms with Gasteiger partial charge in [-0.15, -0.1) is 0 Å². The van der Waals surface area contributed by atoms with Gasteiger partial charge in [0, 0.05) is 18.1 Å². The Hall–Kier alpha value is -1.89. The van der Waals surface area contributed by atoms with Crippen molar-refractivity contribution < 1.29 is 13.2 Å². The van der Waals surface area contributed by atoms with E-state index in [0.717, 1.165) is 24.8 Å². The third-order valence-electron chi connectivity index (χ3n) is 6.89. The molecule has 1 saturated heterocycles. The third kappa shape index (κ3) is 5.97. The van der Waals surface area contributed by atoms with E-state index in [-0.39, 0.29) is 30.2 Å². The highest BCUT2D eigenvalue weighted by Crippen LogP contribution is 2.28. The van der Waals surface area contributed by atoms with E-state index in [2.05, 4.69) is 30.4 Å². The van der Waals surface area contributed by atoms with Crippen LogP contribution >= 0.6 is 11.6 Å². The number of fused-ring (bicyclic) bond motifs is 1. The highest BCUT2D eigenvalue weighted by molar-refractivity contribution is 7.88. The maximum Gasteiger partial charge on any atom is 0.224 e. The fraction of sp³-hybridized carbons (Fsp3) is 0.500. The van der Waals surface area contributed by atoms with E-state index < -0.39 is 10.0 Å². The van der Waals surface area contributed by atoms with Crippen LogP contribution in [0, 0.1) is 5.92 Å². The van der Waals surface area contributed by atoms with E-state index >= 15 is 0 Å². The van der Waals surface area contributed by atoms with E-state index in [1.807, 2.05) is 0 Å². The van der Waals surface area contributed by atoms with E-state index in [1.54, 1.807) is 24.3 Å². The maximum absolute atomic E-state index is 13.2. The second-order valence-electron chi connectivity index (χ2n) is 9.29. The molecule has 0 aromatic heterocycles. The second kappa shape index (κ2) is 10.6. The Labute approximate surface area is 202 Å². The molecule has 2 aromatic carbocycles. The van der Waals surface area contributed by atoms with E-state index in [4.69, 9.17) is 11.6 Å². The molecular formula is C26H33ClN2O3S. The van der Waals surface area contributed by atoms with Gasteiger partial charge in [-0.2, -0.15) is 0 Å². The predicted octanol–water partition coefficient (Wildman–Crippen LogP) is 5.03. The van der Waals surface area contributed by atoms with Gasteiger partial charge in [-0.1, -0.05) is 48.9 Å². The highest BCUT2D eigenvalue weighted by Gasteiger charge is 2.33. The zero-order chi connectivity index (χ0) is 23.4. The quantitative estimate of drug-likeness (QED) is 0.594. The zero-order valence-electron chi connectivity index (χ0n) is 19.2. The molecule has 4 rings (SSSR count). The number of hydrogen-bond donors (Lipinski definition) is 1. The van der Waals surface area contributed by atoms with Gasteiger partial charge in [0.1, 0.15) is 0 Å². The molecule has 2 aliphatic rings. The molecule has 5 nitrogen and oxygen atoms in total. The number of carbonyl (C=O) groups excluding carboxylic acids is 1. The smallest absolute Gasteiger partial charge is 0.224 e. The molecule has 1 aliphatic carbocycles. The molecule has 7 heteroatoms. The first-order valence-electron chi connectivity index (χ1n) is 12.0. The Morgan fingerprint density at radius 2 is 1.91 bits per heavy atom. The van der Waals surface area contributed by atoms with Gasteiger partial charge < -0.3 is 5.32 Å². The van der Waals surface area contributed by atoms with Crippen LogP contribution < -0.4 is 5.32 Å². The van der Waals surface area contributed by atoms with Gasteiger partial charge in [-0.05, 0) is 79.3 Å². The average molecular weight is 489 g/mol. The van der Waals surface area contributed by atoms with Gasteiger partial charge in [0.15, 0.2) is 0 Å². The SMILES string of the molecule is CC[C@H](NC(=O)[C@H]1CCCN(S(=O)(=O)Cc2cccc(Cl)c2)C1)c1ccc2c(c1)CCCC2. The first kappa shape index (κ1) is 24.2. The summed E-state index contributed by atoms with van der Waals surface area (Å²) in [5, 5.41) is 3.73. The van der Waals surface area contributed by atoms with Gasteiger partial charge in [-0.25, -0.2) is 12.7 Å². The van der Waals surface area contributed by atoms with Crippen molar-refractivity contribution in [1.82, 2.24) is 9.62 Å². The molecule has 33 heavy (non-hydrogen) atoms. The van der Waals surface area contributed by atoms with Crippen molar-refractivity contribution in [1.29, 1.82) is 0 Å². The molecular weight excluding hydrogens is 456 g/mol. The van der Waals surface area contributed by atoms with Gasteiger partial charge >= 0.3 is 0 Å². The largest absolute Gasteiger partial charge is 0.349 e. The normalized spacial score (nSPS) is 20.1. The summed E-state index contributed by atoms with van der Waals surface area (Å²) in [7, 11) is -3.52. The molecule has 1 fully saturated rings. The predicted molar refractivity (Wildman–Crippen MR) is 133 cm³/mol. The molecule has 0 radical (unpaired) electrons. The number of piperidine rings is 1. The molecule has 2 aromatic rings. The molecule has 178 valence electrons. The Bertz CT molecular complexity index is 1100. The minimum Gasteiger partial charge on any atom is -0.349 e. The Morgan fingerprint density at radius 3 is 2.67 bits per heavy atom. The number of amides is 1. The minimum atomic E-state index is -3.52. The van der Waals surface area contributed by atoms with Crippen molar-refractivity contribution in [3.8, 4) is 0 Å². The fourth-order valence-corrected chi connectivity index (χ4v) is 6.83. The number of halogens is 1. The summed E-state index contributed by atoms with van der Waals surface area (Å²) in [6.07, 6.45) is 6.90. The summed E-state index contributed by atoms with van der Waals surface area (Å²) in [6, 6.07) is 13.5. The van der Waals surface area contributed by atoms with Crippen molar-refractivity contribution in [2.24, 2.45) is 5.92 Å². The van der Waals surface area contributed by atoms with Crippen molar-refractivity contribution in [3.63, 3.8) is 0 Å². The number of nitrogens with one attached hydrogen (secondary N) is 1. The molecule has 0 unspecified atom stereocenters. The molecule has 1 N–H and O–H groups in total. The lowest BCUT2D eigenvalue weighted by Gasteiger charge is -2.32. The first-order valence-corrected chi connectivity index (χ1v) is 14.0. The number of hydrogen-bond acceptors (Lipinski definition) is 3. The van der Waals surface area contributed by atoms with Crippen LogP contribution in [0.2, 0.25) is 5.02 Å². The van der Waals surface area contributed by atoms with Crippen LogP contribution in [0.4, 0.5) is 0 Å². The number of rotatable bonds is 7. The lowest BCUT2D eigenvalue weighted by molar-refractivity contribution is -0.126. The standard InChI is InChI=1S/C26H33ClN2O3S/c1-2-25(22-13-12-20-8-3-4-9-21(20)16-22)28-26(30)23-10-6-14-29(17-23)33(31,32)18-19-7-5-11-24(27)15-19/h5,7,11-13,15-16,23,25H,2-4,6,8-10,14,17-18H2,1H3,(H,28,30)/t23-,25-/m0/s1. The lowest BCUT2D eigenvalue weighted by Crippen LogP contribution is -2.46. The molecule has 1 heterocycles. The second-order valence-corrected chi connectivity index (χ2v) is 11.7. The topological polar surface area (TPSA) is 66.5 Å². The molecule has 0 saturated carbocycles. The highest BCUT2D eigenvalue weighted by atomic mass is 35.5. The summed E-state index contributed by atoms with van der Waals surface area (Å²) < 4.78 is 27.5. The van der Waals surface area contributed by atoms with Gasteiger partial charge in [-0.3, -0.25) is 4.79 Å². The Balaban J connectivity index is 1.41. The molecule has 2 atom stereocenters. The Morgan fingerprint density at radius 1 is 1.12 bits per heavy atom. The number of aryl methyl sites for hydroxylation is 2. The molecule has 0 bridgehead atoms. The van der Waals surface area contributed by atoms with Gasteiger partial charge in [0.25, 0.3) is 0 Å². The number of nitrogens with zero attached hydrogens (tertiary/aromatic N) is 1. The Kier molecular flexibility index (Phi) is 7.77. The summed E-state index contributed by atoms with van der Waals surface area (Å²) in [4.78, 5) is 13.2. The minimum absolute atomic E-state index is 0.0526. The van der Waals surface area contributed by atoms with Gasteiger partial charge in [0.05, 0.1) is 17.7 Å². The summed E-state index contributed by atoms with van der Waals surface area (Å²) >= 11 is 6.01. The number of benzene rings is 2. The molecule has 0 spiro atoms. The van der Waals surface area contributed by atoms with Crippen LogP contribution in [0.15, 0.2) is 42.5 Å². The van der Waals surface area contributed by atoms with E-state index in [0.29, 0.717) is 30.0 Å². The van der Waals surface area contributed by atoms with Crippen LogP contribution in [0.5, 0.6) is 0 Å². The number of sulfonamides is 1. The van der Waals surface area contributed by atoms with Crippen molar-refractivity contribution in [2.45, 2.75) is 63.7 Å². The van der Waals surface area contributed by atoms with E-state index in [1.165, 1.54) is 28.3 Å². The maximum atomic E-state index is 13.2. The monoisotopic (exact) mass is 488 g/mol. The summed E-state index contributed by atoms with van der Waals surface area (Å²) in [5.74, 6) is -0.490. The number of carbonyl (C=O) groups is 1. The summed E-state index contributed by atoms with van der Waals surface area (Å²) in [6.45, 7) is 2.76. The van der Waals surface area contributed by atoms with Crippen LogP contribution in [-0.4, -0.2) is 31.7 Å². The zero-order valence-corrected chi connectivity index (χ0v) is 20.8. The molecule has 1 aliphatic heterocycles. The molecule has 1 amide bonds. The van der Waals surface area contributed by atoms with Gasteiger partial charge in [0.2, 0.25) is 15.9 Å². The van der Waals surface area contributed by atoms with E-state index in [9.17, 15) is 13.2 Å². The summed E-state index contributed by atoms with van der Waals surface area (Å²) in [5.41, 5.74) is 4.64. The first-order chi connectivity index (χ1) is 15.9. The average Bonchev–Trinajstić information content (AvgIpc) is 2.82. The van der Waals surface area contributed by atoms with Crippen LogP contribution in [0.3, 0.4) is 0 Å². The van der Waals surface area contributed by atoms with Crippen molar-refractivity contribution in [3.05, 3.63) is 69.7 Å². The van der Waals surface area contributed by atoms with Crippen molar-refractivity contribution in [2.75, 3.05) is 13.1 Å². The lowest BCUT2D eigenvalue weighted by atomic mass is 9.88. The van der Waals surface area contributed by atoms with Crippen LogP contribution in [0.1, 0.15) is 67.3 Å². The third-order valence-corrected chi connectivity index (χ3v) is 8.94. The van der Waals surface area contributed by atoms with Crippen LogP contribution in [-0.2, 0) is 33.4 Å².